The fourth-order valence-electron chi connectivity index (χ4n) is 1.29. The molecule has 2 nitrogen and oxygen atoms in total. The maximum Gasteiger partial charge on any atom is 0.139 e. The molecular formula is C11H14O2. The van der Waals surface area contributed by atoms with E-state index in [0.29, 0.717) is 6.42 Å². The molecule has 0 aliphatic heterocycles. The Hall–Kier alpha value is -1.31. The molecule has 0 radical (unpaired) electrons. The lowest BCUT2D eigenvalue weighted by Gasteiger charge is -2.09. The SMILES string of the molecule is CCC(=O)C(C)c1cccc(O)c1. The molecule has 1 aromatic carbocycles. The van der Waals surface area contributed by atoms with Crippen molar-refractivity contribution in [3.8, 4) is 5.75 Å². The number of Topliss-reactive ketones (excluding diaryl/α,β-unsaturated/α-hetero) is 1. The molecular weight excluding hydrogens is 164 g/mol. The highest BCUT2D eigenvalue weighted by molar-refractivity contribution is 5.85. The van der Waals surface area contributed by atoms with Gasteiger partial charge in [-0.15, -0.1) is 0 Å². The summed E-state index contributed by atoms with van der Waals surface area (Å²) in [5, 5.41) is 9.21. The van der Waals surface area contributed by atoms with Crippen LogP contribution >= 0.6 is 0 Å². The van der Waals surface area contributed by atoms with Crippen molar-refractivity contribution >= 4 is 5.78 Å². The highest BCUT2D eigenvalue weighted by Crippen LogP contribution is 2.21. The molecule has 0 amide bonds. The van der Waals surface area contributed by atoms with Gasteiger partial charge in [-0.3, -0.25) is 4.79 Å². The van der Waals surface area contributed by atoms with Crippen LogP contribution in [0.3, 0.4) is 0 Å². The molecule has 1 atom stereocenters. The predicted octanol–water partition coefficient (Wildman–Crippen LogP) is 2.47. The van der Waals surface area contributed by atoms with Crippen LogP contribution in [-0.2, 0) is 4.79 Å². The molecule has 1 aromatic rings. The van der Waals surface area contributed by atoms with Gasteiger partial charge in [0.1, 0.15) is 11.5 Å². The Labute approximate surface area is 78.2 Å². The zero-order valence-electron chi connectivity index (χ0n) is 7.95. The number of carbonyl (C=O) groups excluding carboxylic acids is 1. The van der Waals surface area contributed by atoms with Crippen molar-refractivity contribution in [3.05, 3.63) is 29.8 Å². The van der Waals surface area contributed by atoms with Gasteiger partial charge in [-0.1, -0.05) is 26.0 Å². The number of benzene rings is 1. The Kier molecular flexibility index (Phi) is 3.07. The lowest BCUT2D eigenvalue weighted by Crippen LogP contribution is -2.06. The first-order chi connectivity index (χ1) is 6.15. The molecule has 1 rings (SSSR count). The lowest BCUT2D eigenvalue weighted by atomic mass is 9.95. The molecule has 70 valence electrons. The molecule has 0 heterocycles. The molecule has 0 bridgehead atoms. The number of hydrogen-bond acceptors (Lipinski definition) is 2. The Balaban J connectivity index is 2.88. The number of rotatable bonds is 3. The van der Waals surface area contributed by atoms with Crippen LogP contribution in [0, 0.1) is 0 Å². The van der Waals surface area contributed by atoms with Crippen LogP contribution in [0.4, 0.5) is 0 Å². The average molecular weight is 178 g/mol. The highest BCUT2D eigenvalue weighted by Gasteiger charge is 2.12. The summed E-state index contributed by atoms with van der Waals surface area (Å²) < 4.78 is 0. The van der Waals surface area contributed by atoms with Crippen molar-refractivity contribution in [2.24, 2.45) is 0 Å². The van der Waals surface area contributed by atoms with Gasteiger partial charge >= 0.3 is 0 Å². The fourth-order valence-corrected chi connectivity index (χ4v) is 1.29. The molecule has 2 heteroatoms. The highest BCUT2D eigenvalue weighted by atomic mass is 16.3. The number of ketones is 1. The van der Waals surface area contributed by atoms with Gasteiger partial charge in [0.25, 0.3) is 0 Å². The Bertz CT molecular complexity index is 305. The summed E-state index contributed by atoms with van der Waals surface area (Å²) in [6.07, 6.45) is 0.539. The quantitative estimate of drug-likeness (QED) is 0.772. The Morgan fingerprint density at radius 1 is 1.54 bits per heavy atom. The topological polar surface area (TPSA) is 37.3 Å². The molecule has 0 aliphatic rings. The summed E-state index contributed by atoms with van der Waals surface area (Å²) in [6, 6.07) is 6.85. The van der Waals surface area contributed by atoms with E-state index in [0.717, 1.165) is 5.56 Å². The van der Waals surface area contributed by atoms with Gasteiger partial charge in [0.2, 0.25) is 0 Å². The Morgan fingerprint density at radius 2 is 2.23 bits per heavy atom. The molecule has 0 saturated carbocycles. The van der Waals surface area contributed by atoms with Crippen LogP contribution in [0.15, 0.2) is 24.3 Å². The number of carbonyl (C=O) groups is 1. The summed E-state index contributed by atoms with van der Waals surface area (Å²) in [7, 11) is 0. The third kappa shape index (κ3) is 2.31. The third-order valence-electron chi connectivity index (χ3n) is 2.20. The molecule has 1 N–H and O–H groups in total. The van der Waals surface area contributed by atoms with E-state index in [2.05, 4.69) is 0 Å². The second kappa shape index (κ2) is 4.08. The zero-order chi connectivity index (χ0) is 9.84. The van der Waals surface area contributed by atoms with Crippen molar-refractivity contribution < 1.29 is 9.90 Å². The van der Waals surface area contributed by atoms with Crippen LogP contribution < -0.4 is 0 Å². The lowest BCUT2D eigenvalue weighted by molar-refractivity contribution is -0.119. The Morgan fingerprint density at radius 3 is 2.77 bits per heavy atom. The number of aromatic hydroxyl groups is 1. The summed E-state index contributed by atoms with van der Waals surface area (Å²) in [6.45, 7) is 3.71. The molecule has 1 unspecified atom stereocenters. The van der Waals surface area contributed by atoms with Gasteiger partial charge in [0, 0.05) is 12.3 Å². The van der Waals surface area contributed by atoms with Gasteiger partial charge in [-0.05, 0) is 17.7 Å². The van der Waals surface area contributed by atoms with Crippen molar-refractivity contribution in [1.82, 2.24) is 0 Å². The fraction of sp³-hybridized carbons (Fsp3) is 0.364. The average Bonchev–Trinajstić information content (AvgIpc) is 2.15. The maximum absolute atomic E-state index is 11.3. The van der Waals surface area contributed by atoms with Gasteiger partial charge in [0.05, 0.1) is 0 Å². The maximum atomic E-state index is 11.3. The van der Waals surface area contributed by atoms with Crippen LogP contribution in [0.5, 0.6) is 5.75 Å². The minimum atomic E-state index is -0.114. The molecule has 13 heavy (non-hydrogen) atoms. The summed E-state index contributed by atoms with van der Waals surface area (Å²) in [4.78, 5) is 11.3. The van der Waals surface area contributed by atoms with Crippen molar-refractivity contribution in [2.75, 3.05) is 0 Å². The molecule has 0 aromatic heterocycles. The summed E-state index contributed by atoms with van der Waals surface area (Å²) in [5.41, 5.74) is 0.881. The van der Waals surface area contributed by atoms with E-state index in [1.54, 1.807) is 18.2 Å². The van der Waals surface area contributed by atoms with Crippen LogP contribution in [0.2, 0.25) is 0 Å². The first-order valence-corrected chi connectivity index (χ1v) is 4.46. The van der Waals surface area contributed by atoms with E-state index >= 15 is 0 Å². The smallest absolute Gasteiger partial charge is 0.139 e. The molecule has 0 saturated heterocycles. The normalized spacial score (nSPS) is 12.5. The van der Waals surface area contributed by atoms with Crippen molar-refractivity contribution in [3.63, 3.8) is 0 Å². The molecule has 0 aliphatic carbocycles. The molecule has 0 fully saturated rings. The van der Waals surface area contributed by atoms with Crippen LogP contribution in [-0.4, -0.2) is 10.9 Å². The van der Waals surface area contributed by atoms with E-state index in [1.165, 1.54) is 0 Å². The van der Waals surface area contributed by atoms with E-state index in [9.17, 15) is 9.90 Å². The second-order valence-electron chi connectivity index (χ2n) is 3.14. The second-order valence-corrected chi connectivity index (χ2v) is 3.14. The van der Waals surface area contributed by atoms with Crippen molar-refractivity contribution in [2.45, 2.75) is 26.2 Å². The number of phenols is 1. The van der Waals surface area contributed by atoms with Crippen LogP contribution in [0.1, 0.15) is 31.7 Å². The number of hydrogen-bond donors (Lipinski definition) is 1. The monoisotopic (exact) mass is 178 g/mol. The van der Waals surface area contributed by atoms with E-state index in [-0.39, 0.29) is 17.5 Å². The zero-order valence-corrected chi connectivity index (χ0v) is 7.95. The van der Waals surface area contributed by atoms with Gasteiger partial charge < -0.3 is 5.11 Å². The van der Waals surface area contributed by atoms with Crippen molar-refractivity contribution in [1.29, 1.82) is 0 Å². The minimum Gasteiger partial charge on any atom is -0.508 e. The van der Waals surface area contributed by atoms with Gasteiger partial charge in [-0.25, -0.2) is 0 Å². The first-order valence-electron chi connectivity index (χ1n) is 4.46. The van der Waals surface area contributed by atoms with Gasteiger partial charge in [0.15, 0.2) is 0 Å². The summed E-state index contributed by atoms with van der Waals surface area (Å²) in [5.74, 6) is 0.302. The van der Waals surface area contributed by atoms with E-state index in [4.69, 9.17) is 0 Å². The summed E-state index contributed by atoms with van der Waals surface area (Å²) >= 11 is 0. The first kappa shape index (κ1) is 9.78. The minimum absolute atomic E-state index is 0.114. The molecule has 0 spiro atoms. The van der Waals surface area contributed by atoms with E-state index < -0.39 is 0 Å². The van der Waals surface area contributed by atoms with E-state index in [1.807, 2.05) is 19.9 Å². The van der Waals surface area contributed by atoms with Gasteiger partial charge in [-0.2, -0.15) is 0 Å². The predicted molar refractivity (Wildman–Crippen MR) is 51.8 cm³/mol. The van der Waals surface area contributed by atoms with Crippen LogP contribution in [0.25, 0.3) is 0 Å². The largest absolute Gasteiger partial charge is 0.508 e. The third-order valence-corrected chi connectivity index (χ3v) is 2.20. The number of phenolic OH excluding ortho intramolecular Hbond substituents is 1. The standard InChI is InChI=1S/C11H14O2/c1-3-11(13)8(2)9-5-4-6-10(12)7-9/h4-8,12H,3H2,1-2H3.